The number of ether oxygens (including phenoxy) is 4. The van der Waals surface area contributed by atoms with E-state index in [1.165, 1.54) is 51.4 Å². The van der Waals surface area contributed by atoms with Crippen molar-refractivity contribution >= 4 is 17.9 Å². The van der Waals surface area contributed by atoms with Crippen molar-refractivity contribution in [2.45, 2.75) is 193 Å². The van der Waals surface area contributed by atoms with Crippen molar-refractivity contribution in [3.05, 3.63) is 72.9 Å². The molecule has 0 rings (SSSR count). The molecule has 0 aliphatic heterocycles. The molecule has 0 aliphatic carbocycles. The number of aliphatic carboxylic acids is 1. The summed E-state index contributed by atoms with van der Waals surface area (Å²) in [6, 6.07) is 0. The Kier molecular flexibility index (Phi) is 41.1. The first kappa shape index (κ1) is 57.7. The zero-order valence-electron chi connectivity index (χ0n) is 39.5. The van der Waals surface area contributed by atoms with Crippen LogP contribution in [0.5, 0.6) is 0 Å². The molecule has 0 saturated carbocycles. The number of allylic oxidation sites excluding steroid dienone is 12. The Morgan fingerprint density at radius 3 is 1.39 bits per heavy atom. The number of carbonyl (C=O) groups is 3. The fraction of sp³-hybridized carbons (Fsp3) is 0.712. The van der Waals surface area contributed by atoms with Gasteiger partial charge >= 0.3 is 11.9 Å². The van der Waals surface area contributed by atoms with Crippen LogP contribution in [0.3, 0.4) is 0 Å². The van der Waals surface area contributed by atoms with Crippen LogP contribution in [0, 0.1) is 0 Å². The van der Waals surface area contributed by atoms with E-state index in [0.29, 0.717) is 17.4 Å². The van der Waals surface area contributed by atoms with Gasteiger partial charge in [0, 0.05) is 12.8 Å². The van der Waals surface area contributed by atoms with Crippen LogP contribution in [-0.2, 0) is 33.3 Å². The number of carboxylic acids is 1. The smallest absolute Gasteiger partial charge is 0.306 e. The van der Waals surface area contributed by atoms with Crippen LogP contribution < -0.4 is 5.11 Å². The highest BCUT2D eigenvalue weighted by Crippen LogP contribution is 2.14. The SMILES string of the molecule is CC/C=C\C/C=C\C/C=C\C/C=C\C/C=C\C/C=C\CCCCCCCCC(=O)OC(COC(=O)CCCCCCCCCCCCC)COC(OCC[N+](C)(C)C)C(=O)[O-]. The van der Waals surface area contributed by atoms with Gasteiger partial charge in [0.2, 0.25) is 0 Å². The molecule has 0 fully saturated rings. The maximum atomic E-state index is 12.8. The second-order valence-corrected chi connectivity index (χ2v) is 17.0. The Bertz CT molecular complexity index is 1230. The maximum absolute atomic E-state index is 12.8. The van der Waals surface area contributed by atoms with Crippen molar-refractivity contribution < 1.29 is 42.9 Å². The largest absolute Gasteiger partial charge is 0.545 e. The van der Waals surface area contributed by atoms with Crippen molar-refractivity contribution in [3.8, 4) is 0 Å². The maximum Gasteiger partial charge on any atom is 0.306 e. The van der Waals surface area contributed by atoms with Gasteiger partial charge in [-0.2, -0.15) is 0 Å². The van der Waals surface area contributed by atoms with E-state index in [0.717, 1.165) is 96.3 Å². The molecular formula is C52H89NO8. The number of esters is 2. The summed E-state index contributed by atoms with van der Waals surface area (Å²) >= 11 is 0. The molecule has 0 saturated heterocycles. The molecule has 0 aromatic heterocycles. The molecular weight excluding hydrogens is 767 g/mol. The van der Waals surface area contributed by atoms with Gasteiger partial charge in [0.15, 0.2) is 12.4 Å². The second kappa shape index (κ2) is 43.4. The van der Waals surface area contributed by atoms with E-state index >= 15 is 0 Å². The molecule has 2 unspecified atom stereocenters. The number of hydrogen-bond donors (Lipinski definition) is 0. The van der Waals surface area contributed by atoms with Crippen LogP contribution in [0.2, 0.25) is 0 Å². The molecule has 0 amide bonds. The highest BCUT2D eigenvalue weighted by Gasteiger charge is 2.21. The Morgan fingerprint density at radius 2 is 0.934 bits per heavy atom. The lowest BCUT2D eigenvalue weighted by atomic mass is 10.1. The van der Waals surface area contributed by atoms with Gasteiger partial charge in [-0.15, -0.1) is 0 Å². The van der Waals surface area contributed by atoms with Crippen molar-refractivity contribution in [3.63, 3.8) is 0 Å². The van der Waals surface area contributed by atoms with Gasteiger partial charge in [-0.1, -0.05) is 177 Å². The van der Waals surface area contributed by atoms with Crippen LogP contribution in [0.4, 0.5) is 0 Å². The van der Waals surface area contributed by atoms with Gasteiger partial charge in [0.05, 0.1) is 40.3 Å². The summed E-state index contributed by atoms with van der Waals surface area (Å²) in [4.78, 5) is 37.0. The van der Waals surface area contributed by atoms with Gasteiger partial charge in [-0.25, -0.2) is 0 Å². The quantitative estimate of drug-likeness (QED) is 0.0196. The molecule has 9 nitrogen and oxygen atoms in total. The molecule has 0 bridgehead atoms. The third-order valence-electron chi connectivity index (χ3n) is 9.97. The molecule has 0 aromatic rings. The average Bonchev–Trinajstić information content (AvgIpc) is 3.22. The van der Waals surface area contributed by atoms with E-state index in [-0.39, 0.29) is 38.6 Å². The van der Waals surface area contributed by atoms with Crippen molar-refractivity contribution in [1.29, 1.82) is 0 Å². The Labute approximate surface area is 373 Å². The zero-order valence-corrected chi connectivity index (χ0v) is 39.5. The summed E-state index contributed by atoms with van der Waals surface area (Å²) in [5.41, 5.74) is 0. The summed E-state index contributed by atoms with van der Waals surface area (Å²) in [6.07, 6.45) is 50.8. The van der Waals surface area contributed by atoms with Crippen molar-refractivity contribution in [2.24, 2.45) is 0 Å². The third kappa shape index (κ3) is 44.6. The van der Waals surface area contributed by atoms with Gasteiger partial charge in [-0.05, 0) is 64.2 Å². The molecule has 350 valence electrons. The number of carbonyl (C=O) groups excluding carboxylic acids is 3. The summed E-state index contributed by atoms with van der Waals surface area (Å²) < 4.78 is 22.5. The van der Waals surface area contributed by atoms with Crippen molar-refractivity contribution in [2.75, 3.05) is 47.5 Å². The van der Waals surface area contributed by atoms with Crippen LogP contribution in [0.25, 0.3) is 0 Å². The van der Waals surface area contributed by atoms with E-state index in [9.17, 15) is 19.5 Å². The summed E-state index contributed by atoms with van der Waals surface area (Å²) in [5.74, 6) is -2.31. The van der Waals surface area contributed by atoms with E-state index in [1.807, 2.05) is 21.1 Å². The molecule has 61 heavy (non-hydrogen) atoms. The first-order valence-corrected chi connectivity index (χ1v) is 24.1. The molecule has 0 heterocycles. The minimum atomic E-state index is -1.63. The number of nitrogens with zero attached hydrogens (tertiary/aromatic N) is 1. The van der Waals surface area contributed by atoms with Crippen LogP contribution >= 0.6 is 0 Å². The van der Waals surface area contributed by atoms with E-state index in [4.69, 9.17) is 18.9 Å². The first-order chi connectivity index (χ1) is 29.6. The molecule has 0 N–H and O–H groups in total. The standard InChI is InChI=1S/C52H89NO8/c1-6-8-10-12-14-16-18-19-20-21-22-23-24-25-26-27-28-29-30-31-33-35-37-39-41-43-50(55)61-48(47-60-52(51(56)57)58-45-44-53(3,4)5)46-59-49(54)42-40-38-36-34-32-17-15-13-11-9-7-2/h8,10,14,16,19-20,22-23,25-26,28-29,48,52H,6-7,9,11-13,15,17-18,21,24,27,30-47H2,1-5H3/b10-8-,16-14-,20-19-,23-22-,26-25-,29-28-. The topological polar surface area (TPSA) is 111 Å². The fourth-order valence-electron chi connectivity index (χ4n) is 6.24. The average molecular weight is 856 g/mol. The van der Waals surface area contributed by atoms with Crippen LogP contribution in [0.15, 0.2) is 72.9 Å². The van der Waals surface area contributed by atoms with E-state index in [2.05, 4.69) is 86.8 Å². The molecule has 0 spiro atoms. The predicted octanol–water partition coefficient (Wildman–Crippen LogP) is 11.8. The highest BCUT2D eigenvalue weighted by molar-refractivity contribution is 5.70. The lowest BCUT2D eigenvalue weighted by Crippen LogP contribution is -2.44. The molecule has 9 heteroatoms. The van der Waals surface area contributed by atoms with Gasteiger partial charge in [-0.3, -0.25) is 9.59 Å². The van der Waals surface area contributed by atoms with Crippen molar-refractivity contribution in [1.82, 2.24) is 0 Å². The predicted molar refractivity (Wildman–Crippen MR) is 251 cm³/mol. The zero-order chi connectivity index (χ0) is 44.9. The number of unbranched alkanes of at least 4 members (excludes halogenated alkanes) is 16. The third-order valence-corrected chi connectivity index (χ3v) is 9.97. The lowest BCUT2D eigenvalue weighted by molar-refractivity contribution is -0.870. The summed E-state index contributed by atoms with van der Waals surface area (Å²) in [6.45, 7) is 4.59. The monoisotopic (exact) mass is 856 g/mol. The number of hydrogen-bond acceptors (Lipinski definition) is 8. The summed E-state index contributed by atoms with van der Waals surface area (Å²) in [5, 5.41) is 11.7. The minimum Gasteiger partial charge on any atom is -0.545 e. The van der Waals surface area contributed by atoms with E-state index in [1.54, 1.807) is 0 Å². The molecule has 0 aromatic carbocycles. The first-order valence-electron chi connectivity index (χ1n) is 24.1. The number of likely N-dealkylation sites (N-methyl/N-ethyl adjacent to an activating group) is 1. The van der Waals surface area contributed by atoms with Crippen LogP contribution in [0.1, 0.15) is 181 Å². The van der Waals surface area contributed by atoms with Crippen LogP contribution in [-0.4, -0.2) is 82.3 Å². The fourth-order valence-corrected chi connectivity index (χ4v) is 6.24. The highest BCUT2D eigenvalue weighted by atomic mass is 16.7. The minimum absolute atomic E-state index is 0.142. The Balaban J connectivity index is 4.37. The number of carboxylic acid groups (broad SMARTS) is 1. The second-order valence-electron chi connectivity index (χ2n) is 17.0. The number of quaternary nitrogens is 1. The number of rotatable bonds is 43. The normalized spacial score (nSPS) is 13.5. The van der Waals surface area contributed by atoms with Gasteiger partial charge in [0.25, 0.3) is 0 Å². The van der Waals surface area contributed by atoms with E-state index < -0.39 is 24.3 Å². The lowest BCUT2D eigenvalue weighted by Gasteiger charge is -2.26. The molecule has 2 atom stereocenters. The molecule has 0 radical (unpaired) electrons. The summed E-state index contributed by atoms with van der Waals surface area (Å²) in [7, 11) is 5.90. The molecule has 0 aliphatic rings. The Hall–Kier alpha value is -3.27. The van der Waals surface area contributed by atoms with Gasteiger partial charge in [0.1, 0.15) is 13.2 Å². The Morgan fingerprint density at radius 1 is 0.508 bits per heavy atom. The van der Waals surface area contributed by atoms with Gasteiger partial charge < -0.3 is 33.3 Å².